The first-order chi connectivity index (χ1) is 11.2. The van der Waals surface area contributed by atoms with E-state index in [1.807, 2.05) is 24.6 Å². The van der Waals surface area contributed by atoms with Gasteiger partial charge >= 0.3 is 0 Å². The van der Waals surface area contributed by atoms with Gasteiger partial charge in [-0.15, -0.1) is 23.1 Å². The molecular formula is C16H18ClN3OS2. The molecule has 1 aliphatic heterocycles. The Morgan fingerprint density at radius 2 is 2.22 bits per heavy atom. The van der Waals surface area contributed by atoms with Gasteiger partial charge in [0.2, 0.25) is 0 Å². The first kappa shape index (κ1) is 16.8. The predicted molar refractivity (Wildman–Crippen MR) is 98.1 cm³/mol. The van der Waals surface area contributed by atoms with E-state index in [0.717, 1.165) is 30.8 Å². The number of anilines is 1. The van der Waals surface area contributed by atoms with Crippen molar-refractivity contribution >= 4 is 45.7 Å². The molecule has 0 saturated carbocycles. The molecule has 122 valence electrons. The summed E-state index contributed by atoms with van der Waals surface area (Å²) < 4.78 is 0. The first-order valence-electron chi connectivity index (χ1n) is 7.48. The minimum atomic E-state index is -0.211. The average molecular weight is 368 g/mol. The maximum atomic E-state index is 12.4. The Balaban J connectivity index is 1.72. The molecule has 4 nitrogen and oxygen atoms in total. The summed E-state index contributed by atoms with van der Waals surface area (Å²) in [6, 6.07) is 5.47. The number of rotatable bonds is 4. The summed E-state index contributed by atoms with van der Waals surface area (Å²) in [4.78, 5) is 19.0. The number of piperidine rings is 1. The smallest absolute Gasteiger partial charge is 0.258 e. The van der Waals surface area contributed by atoms with Gasteiger partial charge in [-0.2, -0.15) is 0 Å². The Bertz CT molecular complexity index is 698. The Morgan fingerprint density at radius 3 is 2.96 bits per heavy atom. The lowest BCUT2D eigenvalue weighted by Gasteiger charge is -2.20. The molecule has 1 amide bonds. The number of hydrogen-bond acceptors (Lipinski definition) is 5. The van der Waals surface area contributed by atoms with Gasteiger partial charge in [-0.25, -0.2) is 4.98 Å². The van der Waals surface area contributed by atoms with Crippen molar-refractivity contribution in [2.24, 2.45) is 0 Å². The van der Waals surface area contributed by atoms with Crippen LogP contribution in [-0.4, -0.2) is 30.2 Å². The number of hydrogen-bond donors (Lipinski definition) is 2. The molecule has 1 saturated heterocycles. The maximum Gasteiger partial charge on any atom is 0.258 e. The molecule has 1 aliphatic rings. The highest BCUT2D eigenvalue weighted by molar-refractivity contribution is 7.98. The van der Waals surface area contributed by atoms with E-state index in [4.69, 9.17) is 11.6 Å². The summed E-state index contributed by atoms with van der Waals surface area (Å²) in [5.41, 5.74) is 0.483. The van der Waals surface area contributed by atoms with Crippen LogP contribution in [0.1, 0.15) is 34.0 Å². The minimum Gasteiger partial charge on any atom is -0.317 e. The Morgan fingerprint density at radius 1 is 1.43 bits per heavy atom. The number of carbonyl (C=O) groups excluding carboxylic acids is 1. The standard InChI is InChI=1S/C16H18ClN3OS2/c1-22-11-2-3-13(17)12(8-11)15(21)20-16-19-9-14(23-16)10-4-6-18-7-5-10/h2-3,8-10,18H,4-7H2,1H3,(H,19,20,21). The van der Waals surface area contributed by atoms with Gasteiger partial charge in [0.25, 0.3) is 5.91 Å². The summed E-state index contributed by atoms with van der Waals surface area (Å²) in [6.45, 7) is 2.09. The molecule has 0 aliphatic carbocycles. The topological polar surface area (TPSA) is 54.0 Å². The summed E-state index contributed by atoms with van der Waals surface area (Å²) in [5, 5.41) is 7.32. The molecule has 1 aromatic heterocycles. The monoisotopic (exact) mass is 367 g/mol. The van der Waals surface area contributed by atoms with E-state index >= 15 is 0 Å². The summed E-state index contributed by atoms with van der Waals surface area (Å²) in [7, 11) is 0. The number of amides is 1. The van der Waals surface area contributed by atoms with E-state index in [-0.39, 0.29) is 5.91 Å². The van der Waals surface area contributed by atoms with Gasteiger partial charge in [0.05, 0.1) is 10.6 Å². The zero-order valence-corrected chi connectivity index (χ0v) is 15.2. The van der Waals surface area contributed by atoms with Crippen molar-refractivity contribution in [1.29, 1.82) is 0 Å². The lowest BCUT2D eigenvalue weighted by Crippen LogP contribution is -2.26. The van der Waals surface area contributed by atoms with Crippen LogP contribution in [-0.2, 0) is 0 Å². The number of nitrogens with one attached hydrogen (secondary N) is 2. The van der Waals surface area contributed by atoms with E-state index < -0.39 is 0 Å². The largest absolute Gasteiger partial charge is 0.317 e. The van der Waals surface area contributed by atoms with Crippen LogP contribution in [0, 0.1) is 0 Å². The molecule has 1 fully saturated rings. The molecule has 7 heteroatoms. The summed E-state index contributed by atoms with van der Waals surface area (Å²) >= 11 is 9.29. The van der Waals surface area contributed by atoms with Gasteiger partial charge in [-0.3, -0.25) is 10.1 Å². The van der Waals surface area contributed by atoms with Gasteiger partial charge in [0.15, 0.2) is 5.13 Å². The van der Waals surface area contributed by atoms with Crippen molar-refractivity contribution in [2.75, 3.05) is 24.7 Å². The maximum absolute atomic E-state index is 12.4. The lowest BCUT2D eigenvalue weighted by atomic mass is 9.97. The Hall–Kier alpha value is -1.08. The molecule has 0 radical (unpaired) electrons. The first-order valence-corrected chi connectivity index (χ1v) is 9.90. The normalized spacial score (nSPS) is 15.6. The molecule has 2 N–H and O–H groups in total. The number of thioether (sulfide) groups is 1. The third kappa shape index (κ3) is 4.07. The van der Waals surface area contributed by atoms with Gasteiger partial charge < -0.3 is 5.32 Å². The zero-order chi connectivity index (χ0) is 16.2. The highest BCUT2D eigenvalue weighted by atomic mass is 35.5. The number of aromatic nitrogens is 1. The van der Waals surface area contributed by atoms with Gasteiger partial charge in [-0.05, 0) is 56.3 Å². The van der Waals surface area contributed by atoms with Crippen LogP contribution >= 0.6 is 34.7 Å². The third-order valence-corrected chi connectivity index (χ3v) is 6.03. The summed E-state index contributed by atoms with van der Waals surface area (Å²) in [6.07, 6.45) is 6.10. The molecule has 0 atom stereocenters. The highest BCUT2D eigenvalue weighted by Gasteiger charge is 2.19. The van der Waals surface area contributed by atoms with Gasteiger partial charge in [0, 0.05) is 16.0 Å². The van der Waals surface area contributed by atoms with E-state index in [0.29, 0.717) is 21.6 Å². The molecule has 2 aromatic rings. The fraction of sp³-hybridized carbons (Fsp3) is 0.375. The third-order valence-electron chi connectivity index (χ3n) is 3.90. The number of benzene rings is 1. The van der Waals surface area contributed by atoms with E-state index in [1.165, 1.54) is 4.88 Å². The van der Waals surface area contributed by atoms with E-state index in [9.17, 15) is 4.79 Å². The molecule has 0 bridgehead atoms. The van der Waals surface area contributed by atoms with Crippen LogP contribution in [0.15, 0.2) is 29.3 Å². The van der Waals surface area contributed by atoms with Crippen LogP contribution in [0.4, 0.5) is 5.13 Å². The van der Waals surface area contributed by atoms with Crippen molar-refractivity contribution in [3.63, 3.8) is 0 Å². The van der Waals surface area contributed by atoms with E-state index in [1.54, 1.807) is 29.2 Å². The second-order valence-electron chi connectivity index (χ2n) is 5.39. The van der Waals surface area contributed by atoms with Crippen LogP contribution in [0.25, 0.3) is 0 Å². The number of nitrogens with zero attached hydrogens (tertiary/aromatic N) is 1. The highest BCUT2D eigenvalue weighted by Crippen LogP contribution is 2.32. The second kappa shape index (κ2) is 7.66. The SMILES string of the molecule is CSc1ccc(Cl)c(C(=O)Nc2ncc(C3CCNCC3)s2)c1. The predicted octanol–water partition coefficient (Wildman–Crippen LogP) is 4.24. The fourth-order valence-electron chi connectivity index (χ4n) is 2.61. The molecule has 3 rings (SSSR count). The van der Waals surface area contributed by atoms with Crippen LogP contribution in [0.5, 0.6) is 0 Å². The fourth-order valence-corrected chi connectivity index (χ4v) is 4.23. The van der Waals surface area contributed by atoms with Crippen LogP contribution in [0.3, 0.4) is 0 Å². The minimum absolute atomic E-state index is 0.211. The number of thiazole rings is 1. The molecule has 0 spiro atoms. The lowest BCUT2D eigenvalue weighted by molar-refractivity contribution is 0.102. The van der Waals surface area contributed by atoms with Gasteiger partial charge in [0.1, 0.15) is 0 Å². The second-order valence-corrected chi connectivity index (χ2v) is 7.74. The molecule has 1 aromatic carbocycles. The van der Waals surface area contributed by atoms with Crippen molar-refractivity contribution in [3.8, 4) is 0 Å². The van der Waals surface area contributed by atoms with Crippen LogP contribution < -0.4 is 10.6 Å². The van der Waals surface area contributed by atoms with Crippen molar-refractivity contribution in [2.45, 2.75) is 23.7 Å². The Kier molecular flexibility index (Phi) is 5.58. The van der Waals surface area contributed by atoms with Crippen molar-refractivity contribution < 1.29 is 4.79 Å². The molecule has 2 heterocycles. The molecule has 0 unspecified atom stereocenters. The number of carbonyl (C=O) groups is 1. The van der Waals surface area contributed by atoms with Gasteiger partial charge in [-0.1, -0.05) is 11.6 Å². The quantitative estimate of drug-likeness (QED) is 0.793. The Labute approximate surface area is 149 Å². The van der Waals surface area contributed by atoms with E-state index in [2.05, 4.69) is 15.6 Å². The average Bonchev–Trinajstić information content (AvgIpc) is 3.04. The van der Waals surface area contributed by atoms with Crippen molar-refractivity contribution in [1.82, 2.24) is 10.3 Å². The number of halogens is 1. The van der Waals surface area contributed by atoms with Crippen LogP contribution in [0.2, 0.25) is 5.02 Å². The molecule has 23 heavy (non-hydrogen) atoms. The zero-order valence-electron chi connectivity index (χ0n) is 12.8. The summed E-state index contributed by atoms with van der Waals surface area (Å²) in [5.74, 6) is 0.333. The molecular weight excluding hydrogens is 350 g/mol. The van der Waals surface area contributed by atoms with Crippen molar-refractivity contribution in [3.05, 3.63) is 39.9 Å².